The number of ether oxygens (including phenoxy) is 1. The lowest BCUT2D eigenvalue weighted by Gasteiger charge is -2.28. The number of aromatic nitrogens is 4. The molecule has 4 heterocycles. The molecule has 0 spiro atoms. The predicted octanol–water partition coefficient (Wildman–Crippen LogP) is 2.28. The highest BCUT2D eigenvalue weighted by molar-refractivity contribution is 5.63. The summed E-state index contributed by atoms with van der Waals surface area (Å²) >= 11 is 0. The molecule has 1 saturated heterocycles. The summed E-state index contributed by atoms with van der Waals surface area (Å²) in [5, 5.41) is 21.0. The van der Waals surface area contributed by atoms with Gasteiger partial charge in [-0.15, -0.1) is 0 Å². The number of nitrogens with zero attached hydrogens (tertiary/aromatic N) is 4. The first-order valence-electron chi connectivity index (χ1n) is 9.72. The van der Waals surface area contributed by atoms with E-state index in [-0.39, 0.29) is 11.4 Å². The monoisotopic (exact) mass is 418 g/mol. The van der Waals surface area contributed by atoms with E-state index < -0.39 is 23.6 Å². The zero-order valence-electron chi connectivity index (χ0n) is 17.0. The Labute approximate surface area is 172 Å². The summed E-state index contributed by atoms with van der Waals surface area (Å²) in [6, 6.07) is 3.91. The van der Waals surface area contributed by atoms with Gasteiger partial charge in [-0.1, -0.05) is 0 Å². The third-order valence-corrected chi connectivity index (χ3v) is 5.08. The number of hydrogen-bond acceptors (Lipinski definition) is 7. The summed E-state index contributed by atoms with van der Waals surface area (Å²) < 4.78 is 35.6. The molecule has 30 heavy (non-hydrogen) atoms. The van der Waals surface area contributed by atoms with Gasteiger partial charge in [-0.25, -0.2) is 23.3 Å². The summed E-state index contributed by atoms with van der Waals surface area (Å²) in [6.45, 7) is 4.24. The zero-order valence-corrected chi connectivity index (χ0v) is 17.0. The van der Waals surface area contributed by atoms with E-state index in [1.54, 1.807) is 19.9 Å². The summed E-state index contributed by atoms with van der Waals surface area (Å²) in [7, 11) is 1.47. The minimum absolute atomic E-state index is 0.0195. The Morgan fingerprint density at radius 3 is 2.87 bits per heavy atom. The molecule has 4 rings (SSSR count). The van der Waals surface area contributed by atoms with Gasteiger partial charge in [0.15, 0.2) is 11.5 Å². The van der Waals surface area contributed by atoms with E-state index in [4.69, 9.17) is 4.74 Å². The van der Waals surface area contributed by atoms with E-state index in [9.17, 15) is 13.9 Å². The molecule has 1 fully saturated rings. The molecule has 1 aliphatic heterocycles. The van der Waals surface area contributed by atoms with E-state index >= 15 is 0 Å². The van der Waals surface area contributed by atoms with Crippen LogP contribution in [0.3, 0.4) is 0 Å². The van der Waals surface area contributed by atoms with Crippen LogP contribution in [0.5, 0.6) is 5.75 Å². The average molecular weight is 418 g/mol. The molecule has 0 radical (unpaired) electrons. The largest absolute Gasteiger partial charge is 0.495 e. The summed E-state index contributed by atoms with van der Waals surface area (Å²) in [5.41, 5.74) is -0.278. The number of anilines is 1. The van der Waals surface area contributed by atoms with Gasteiger partial charge < -0.3 is 20.5 Å². The molecular weight excluding hydrogens is 394 g/mol. The van der Waals surface area contributed by atoms with Crippen LogP contribution >= 0.6 is 0 Å². The van der Waals surface area contributed by atoms with Crippen molar-refractivity contribution in [2.75, 3.05) is 25.5 Å². The molecule has 10 heteroatoms. The van der Waals surface area contributed by atoms with Crippen LogP contribution in [-0.2, 0) is 5.60 Å². The van der Waals surface area contributed by atoms with Crippen molar-refractivity contribution in [3.05, 3.63) is 35.9 Å². The fourth-order valence-electron chi connectivity index (χ4n) is 3.50. The maximum atomic E-state index is 14.7. The lowest BCUT2D eigenvalue weighted by atomic mass is 10.0. The van der Waals surface area contributed by atoms with Crippen molar-refractivity contribution in [2.45, 2.75) is 38.1 Å². The molecule has 3 aromatic rings. The van der Waals surface area contributed by atoms with Crippen molar-refractivity contribution in [3.8, 4) is 17.1 Å². The maximum absolute atomic E-state index is 14.7. The van der Waals surface area contributed by atoms with Crippen LogP contribution in [0.1, 0.15) is 26.0 Å². The van der Waals surface area contributed by atoms with E-state index in [1.807, 2.05) is 0 Å². The third-order valence-electron chi connectivity index (χ3n) is 5.08. The van der Waals surface area contributed by atoms with E-state index in [1.165, 1.54) is 30.0 Å². The second-order valence-electron chi connectivity index (χ2n) is 7.82. The Bertz CT molecular complexity index is 1070. The molecule has 0 bridgehead atoms. The second kappa shape index (κ2) is 7.77. The van der Waals surface area contributed by atoms with Crippen LogP contribution in [0.4, 0.5) is 14.6 Å². The fraction of sp³-hybridized carbons (Fsp3) is 0.450. The van der Waals surface area contributed by atoms with Gasteiger partial charge in [0.1, 0.15) is 40.4 Å². The lowest BCUT2D eigenvalue weighted by molar-refractivity contribution is 0.0694. The molecule has 1 aliphatic rings. The highest BCUT2D eigenvalue weighted by atomic mass is 19.1. The molecule has 160 valence electrons. The molecule has 3 N–H and O–H groups in total. The normalized spacial score (nSPS) is 19.8. The predicted molar refractivity (Wildman–Crippen MR) is 108 cm³/mol. The summed E-state index contributed by atoms with van der Waals surface area (Å²) in [5.74, 6) is 0.159. The van der Waals surface area contributed by atoms with Gasteiger partial charge in [0.2, 0.25) is 0 Å². The quantitative estimate of drug-likeness (QED) is 0.585. The smallest absolute Gasteiger partial charge is 0.157 e. The van der Waals surface area contributed by atoms with Gasteiger partial charge in [-0.05, 0) is 38.9 Å². The van der Waals surface area contributed by atoms with Crippen LogP contribution in [0, 0.1) is 5.82 Å². The van der Waals surface area contributed by atoms with Crippen molar-refractivity contribution in [1.82, 2.24) is 24.9 Å². The SMILES string of the molecule is COc1cc2ncc(-c3nc(NC4CNCCC4F)ccc3F)n2nc1C(C)(C)O. The zero-order chi connectivity index (χ0) is 21.5. The minimum Gasteiger partial charge on any atom is -0.495 e. The molecule has 0 amide bonds. The molecule has 0 aromatic carbocycles. The topological polar surface area (TPSA) is 96.6 Å². The highest BCUT2D eigenvalue weighted by Gasteiger charge is 2.27. The first kappa shape index (κ1) is 20.4. The van der Waals surface area contributed by atoms with Crippen molar-refractivity contribution >= 4 is 11.5 Å². The number of imidazole rings is 1. The Morgan fingerprint density at radius 2 is 2.17 bits per heavy atom. The van der Waals surface area contributed by atoms with Crippen LogP contribution in [0.25, 0.3) is 17.0 Å². The van der Waals surface area contributed by atoms with Gasteiger partial charge in [-0.3, -0.25) is 0 Å². The standard InChI is InChI=1S/C20H24F2N6O2/c1-20(2,29)19-15(30-3)8-17-24-10-14(28(17)27-19)18-12(22)4-5-16(26-18)25-13-9-23-7-6-11(13)21/h4-5,8,10-11,13,23,29H,6-7,9H2,1-3H3,(H,25,26). The van der Waals surface area contributed by atoms with Crippen LogP contribution in [0.2, 0.25) is 0 Å². The molecule has 2 atom stereocenters. The Hall–Kier alpha value is -2.85. The molecule has 0 saturated carbocycles. The maximum Gasteiger partial charge on any atom is 0.157 e. The van der Waals surface area contributed by atoms with Gasteiger partial charge in [0, 0.05) is 12.6 Å². The van der Waals surface area contributed by atoms with Crippen molar-refractivity contribution in [2.24, 2.45) is 0 Å². The Balaban J connectivity index is 1.76. The number of fused-ring (bicyclic) bond motifs is 1. The van der Waals surface area contributed by atoms with Crippen LogP contribution < -0.4 is 15.4 Å². The number of halogens is 2. The first-order valence-corrected chi connectivity index (χ1v) is 9.72. The summed E-state index contributed by atoms with van der Waals surface area (Å²) in [6.07, 6.45) is 0.844. The number of nitrogens with one attached hydrogen (secondary N) is 2. The fourth-order valence-corrected chi connectivity index (χ4v) is 3.50. The second-order valence-corrected chi connectivity index (χ2v) is 7.82. The minimum atomic E-state index is -1.29. The molecule has 2 unspecified atom stereocenters. The molecular formula is C20H24F2N6O2. The summed E-state index contributed by atoms with van der Waals surface area (Å²) in [4.78, 5) is 8.62. The van der Waals surface area contributed by atoms with E-state index in [0.29, 0.717) is 42.4 Å². The number of methoxy groups -OCH3 is 1. The van der Waals surface area contributed by atoms with Crippen LogP contribution in [0.15, 0.2) is 24.4 Å². The third kappa shape index (κ3) is 3.80. The van der Waals surface area contributed by atoms with Gasteiger partial charge in [-0.2, -0.15) is 5.10 Å². The van der Waals surface area contributed by atoms with Gasteiger partial charge in [0.25, 0.3) is 0 Å². The Kier molecular flexibility index (Phi) is 5.29. The first-order chi connectivity index (χ1) is 14.3. The van der Waals surface area contributed by atoms with Gasteiger partial charge in [0.05, 0.1) is 19.3 Å². The van der Waals surface area contributed by atoms with Crippen LogP contribution in [-0.4, -0.2) is 57.1 Å². The lowest BCUT2D eigenvalue weighted by Crippen LogP contribution is -2.46. The average Bonchev–Trinajstić information content (AvgIpc) is 3.12. The molecule has 3 aromatic heterocycles. The number of hydrogen-bond donors (Lipinski definition) is 3. The molecule has 8 nitrogen and oxygen atoms in total. The number of aliphatic hydroxyl groups is 1. The van der Waals surface area contributed by atoms with E-state index in [0.717, 1.165) is 0 Å². The van der Waals surface area contributed by atoms with E-state index in [2.05, 4.69) is 25.7 Å². The number of rotatable bonds is 5. The van der Waals surface area contributed by atoms with Crippen molar-refractivity contribution in [3.63, 3.8) is 0 Å². The Morgan fingerprint density at radius 1 is 1.37 bits per heavy atom. The molecule has 0 aliphatic carbocycles. The number of piperidine rings is 1. The van der Waals surface area contributed by atoms with Gasteiger partial charge >= 0.3 is 0 Å². The van der Waals surface area contributed by atoms with Crippen molar-refractivity contribution in [1.29, 1.82) is 0 Å². The van der Waals surface area contributed by atoms with Crippen molar-refractivity contribution < 1.29 is 18.6 Å². The highest BCUT2D eigenvalue weighted by Crippen LogP contribution is 2.31. The number of pyridine rings is 1. The number of alkyl halides is 1.